The zero-order chi connectivity index (χ0) is 12.9. The van der Waals surface area contributed by atoms with Gasteiger partial charge in [0.2, 0.25) is 0 Å². The first-order valence-corrected chi connectivity index (χ1v) is 7.42. The molecular weight excluding hydrogens is 208 g/mol. The van der Waals surface area contributed by atoms with Crippen LogP contribution in [0.1, 0.15) is 85.0 Å². The third-order valence-corrected chi connectivity index (χ3v) is 3.20. The molecule has 0 aromatic rings. The molecule has 1 nitrogen and oxygen atoms in total. The van der Waals surface area contributed by atoms with Gasteiger partial charge in [0, 0.05) is 0 Å². The molecule has 1 heteroatoms. The Labute approximate surface area is 108 Å². The van der Waals surface area contributed by atoms with Crippen LogP contribution >= 0.6 is 0 Å². The van der Waals surface area contributed by atoms with Crippen LogP contribution in [0.5, 0.6) is 0 Å². The van der Waals surface area contributed by atoms with Crippen molar-refractivity contribution >= 4 is 5.78 Å². The molecule has 0 saturated heterocycles. The molecule has 0 unspecified atom stereocenters. The van der Waals surface area contributed by atoms with E-state index in [-0.39, 0.29) is 5.78 Å². The second-order valence-corrected chi connectivity index (χ2v) is 4.95. The Balaban J connectivity index is 3.79. The molecule has 0 aliphatic heterocycles. The molecule has 0 rings (SSSR count). The van der Waals surface area contributed by atoms with Crippen molar-refractivity contribution in [3.63, 3.8) is 0 Å². The number of unbranched alkanes of at least 4 members (excludes halogenated alkanes) is 7. The number of hydrogen-bond acceptors (Lipinski definition) is 1. The lowest BCUT2D eigenvalue weighted by Gasteiger charge is -2.04. The Kier molecular flexibility index (Phi) is 11.5. The lowest BCUT2D eigenvalue weighted by Crippen LogP contribution is -1.97. The fourth-order valence-electron chi connectivity index (χ4n) is 2.01. The largest absolute Gasteiger partial charge is 0.295 e. The fraction of sp³-hybridized carbons (Fsp3) is 0.812. The number of carbonyl (C=O) groups is 1. The van der Waals surface area contributed by atoms with Gasteiger partial charge >= 0.3 is 0 Å². The molecule has 0 aromatic carbocycles. The summed E-state index contributed by atoms with van der Waals surface area (Å²) in [6, 6.07) is 0. The molecule has 0 radical (unpaired) electrons. The number of hydrogen-bond donors (Lipinski definition) is 0. The molecule has 0 fully saturated rings. The van der Waals surface area contributed by atoms with Gasteiger partial charge in [-0.25, -0.2) is 0 Å². The summed E-state index contributed by atoms with van der Waals surface area (Å²) in [6.45, 7) is 6.15. The molecule has 0 aromatic heterocycles. The van der Waals surface area contributed by atoms with Crippen molar-refractivity contribution in [1.82, 2.24) is 0 Å². The number of carbonyl (C=O) groups excluding carboxylic acids is 1. The molecule has 17 heavy (non-hydrogen) atoms. The van der Waals surface area contributed by atoms with E-state index in [0.29, 0.717) is 0 Å². The molecule has 0 atom stereocenters. The van der Waals surface area contributed by atoms with E-state index in [0.717, 1.165) is 18.4 Å². The maximum atomic E-state index is 11.5. The monoisotopic (exact) mass is 238 g/mol. The second-order valence-electron chi connectivity index (χ2n) is 4.95. The third kappa shape index (κ3) is 10.3. The first-order chi connectivity index (χ1) is 8.22. The predicted molar refractivity (Wildman–Crippen MR) is 76.3 cm³/mol. The topological polar surface area (TPSA) is 17.1 Å². The molecule has 100 valence electrons. The van der Waals surface area contributed by atoms with Crippen molar-refractivity contribution in [2.75, 3.05) is 0 Å². The van der Waals surface area contributed by atoms with Crippen LogP contribution in [0.2, 0.25) is 0 Å². The summed E-state index contributed by atoms with van der Waals surface area (Å²) in [5, 5.41) is 0. The third-order valence-electron chi connectivity index (χ3n) is 3.20. The van der Waals surface area contributed by atoms with Crippen LogP contribution in [0.15, 0.2) is 11.6 Å². The summed E-state index contributed by atoms with van der Waals surface area (Å²) in [6.07, 6.45) is 14.4. The highest BCUT2D eigenvalue weighted by atomic mass is 16.1. The molecule has 0 aliphatic rings. The average Bonchev–Trinajstić information content (AvgIpc) is 2.31. The van der Waals surface area contributed by atoms with Gasteiger partial charge in [0.25, 0.3) is 0 Å². The van der Waals surface area contributed by atoms with E-state index < -0.39 is 0 Å². The fourth-order valence-corrected chi connectivity index (χ4v) is 2.01. The normalized spacial score (nSPS) is 11.8. The molecule has 0 spiro atoms. The average molecular weight is 238 g/mol. The molecular formula is C16H30O. The number of rotatable bonds is 11. The van der Waals surface area contributed by atoms with Crippen LogP contribution < -0.4 is 0 Å². The quantitative estimate of drug-likeness (QED) is 0.346. The van der Waals surface area contributed by atoms with Gasteiger partial charge in [0.15, 0.2) is 5.78 Å². The van der Waals surface area contributed by atoms with Crippen LogP contribution in [0.4, 0.5) is 0 Å². The molecule has 0 amide bonds. The van der Waals surface area contributed by atoms with E-state index in [1.807, 2.05) is 0 Å². The van der Waals surface area contributed by atoms with Gasteiger partial charge in [-0.1, -0.05) is 58.4 Å². The van der Waals surface area contributed by atoms with Gasteiger partial charge in [0.05, 0.1) is 0 Å². The van der Waals surface area contributed by atoms with Crippen molar-refractivity contribution in [1.29, 1.82) is 0 Å². The van der Waals surface area contributed by atoms with Crippen LogP contribution in [-0.4, -0.2) is 5.78 Å². The van der Waals surface area contributed by atoms with Gasteiger partial charge in [-0.15, -0.1) is 0 Å². The molecule has 0 bridgehead atoms. The summed E-state index contributed by atoms with van der Waals surface area (Å²) in [5.74, 6) is 0.275. The first-order valence-electron chi connectivity index (χ1n) is 7.42. The summed E-state index contributed by atoms with van der Waals surface area (Å²) in [4.78, 5) is 11.5. The number of ketones is 1. The van der Waals surface area contributed by atoms with Crippen molar-refractivity contribution in [3.8, 4) is 0 Å². The number of Topliss-reactive ketones (excluding diaryl/α,β-unsaturated/α-hetero) is 1. The standard InChI is InChI=1S/C16H30O/c1-4-6-8-10-12-14-16(15(3)17)13-11-9-7-5-2/h14H,4-13H2,1-3H3/b16-14+. The minimum atomic E-state index is 0.275. The molecule has 0 aliphatic carbocycles. The molecule has 0 saturated carbocycles. The Bertz CT molecular complexity index is 216. The maximum absolute atomic E-state index is 11.5. The van der Waals surface area contributed by atoms with Crippen LogP contribution in [-0.2, 0) is 4.79 Å². The van der Waals surface area contributed by atoms with Gasteiger partial charge in [-0.05, 0) is 38.2 Å². The highest BCUT2D eigenvalue weighted by Crippen LogP contribution is 2.13. The first kappa shape index (κ1) is 16.4. The Hall–Kier alpha value is -0.590. The molecule has 0 N–H and O–H groups in total. The van der Waals surface area contributed by atoms with Crippen molar-refractivity contribution in [2.45, 2.75) is 85.0 Å². The summed E-state index contributed by atoms with van der Waals surface area (Å²) < 4.78 is 0. The Morgan fingerprint density at radius 3 is 2.00 bits per heavy atom. The van der Waals surface area contributed by atoms with E-state index in [9.17, 15) is 4.79 Å². The maximum Gasteiger partial charge on any atom is 0.155 e. The zero-order valence-electron chi connectivity index (χ0n) is 12.1. The van der Waals surface area contributed by atoms with Gasteiger partial charge in [-0.2, -0.15) is 0 Å². The van der Waals surface area contributed by atoms with Crippen LogP contribution in [0, 0.1) is 0 Å². The highest BCUT2D eigenvalue weighted by molar-refractivity contribution is 5.93. The highest BCUT2D eigenvalue weighted by Gasteiger charge is 2.02. The van der Waals surface area contributed by atoms with Gasteiger partial charge in [-0.3, -0.25) is 4.79 Å². The Morgan fingerprint density at radius 1 is 0.882 bits per heavy atom. The van der Waals surface area contributed by atoms with Gasteiger partial charge in [0.1, 0.15) is 0 Å². The predicted octanol–water partition coefficient (Wildman–Crippen LogP) is 5.44. The second kappa shape index (κ2) is 11.9. The summed E-state index contributed by atoms with van der Waals surface area (Å²) in [7, 11) is 0. The van der Waals surface area contributed by atoms with Crippen molar-refractivity contribution < 1.29 is 4.79 Å². The Morgan fingerprint density at radius 2 is 1.47 bits per heavy atom. The smallest absolute Gasteiger partial charge is 0.155 e. The lowest BCUT2D eigenvalue weighted by atomic mass is 10.0. The SMILES string of the molecule is CCCCCC/C=C(\CCCCCC)C(C)=O. The van der Waals surface area contributed by atoms with E-state index in [2.05, 4.69) is 19.9 Å². The van der Waals surface area contributed by atoms with E-state index in [1.165, 1.54) is 51.4 Å². The van der Waals surface area contributed by atoms with Gasteiger partial charge < -0.3 is 0 Å². The van der Waals surface area contributed by atoms with E-state index >= 15 is 0 Å². The minimum Gasteiger partial charge on any atom is -0.295 e. The van der Waals surface area contributed by atoms with Crippen LogP contribution in [0.3, 0.4) is 0 Å². The summed E-state index contributed by atoms with van der Waals surface area (Å²) in [5.41, 5.74) is 1.07. The van der Waals surface area contributed by atoms with Crippen molar-refractivity contribution in [3.05, 3.63) is 11.6 Å². The number of allylic oxidation sites excluding steroid dienone is 2. The van der Waals surface area contributed by atoms with E-state index in [4.69, 9.17) is 0 Å². The van der Waals surface area contributed by atoms with E-state index in [1.54, 1.807) is 6.92 Å². The van der Waals surface area contributed by atoms with Crippen molar-refractivity contribution in [2.24, 2.45) is 0 Å². The van der Waals surface area contributed by atoms with Crippen LogP contribution in [0.25, 0.3) is 0 Å². The lowest BCUT2D eigenvalue weighted by molar-refractivity contribution is -0.113. The summed E-state index contributed by atoms with van der Waals surface area (Å²) >= 11 is 0. The molecule has 0 heterocycles. The minimum absolute atomic E-state index is 0.275. The zero-order valence-corrected chi connectivity index (χ0v) is 12.1.